The monoisotopic (exact) mass is 277 g/mol. The number of nitrogens with zero attached hydrogens (tertiary/aromatic N) is 1. The van der Waals surface area contributed by atoms with Crippen LogP contribution in [0.15, 0.2) is 0 Å². The van der Waals surface area contributed by atoms with E-state index in [1.807, 2.05) is 0 Å². The Bertz CT molecular complexity index is 340. The van der Waals surface area contributed by atoms with E-state index in [2.05, 4.69) is 13.8 Å². The Balaban J connectivity index is 2.51. The minimum atomic E-state index is -3.05. The van der Waals surface area contributed by atoms with Crippen LogP contribution in [0.5, 0.6) is 0 Å². The standard InChI is InChI=1S/C13H27NO3S/c1-11(2)7-13(10-15)8-12-5-4-6-14(9-12)18(3,16)17/h11-13,15H,4-10H2,1-3H3. The molecular formula is C13H27NO3S. The normalized spacial score (nSPS) is 24.4. The highest BCUT2D eigenvalue weighted by atomic mass is 32.2. The number of aliphatic hydroxyl groups excluding tert-OH is 1. The zero-order valence-corrected chi connectivity index (χ0v) is 12.6. The Morgan fingerprint density at radius 1 is 1.39 bits per heavy atom. The predicted octanol–water partition coefficient (Wildman–Crippen LogP) is 1.70. The van der Waals surface area contributed by atoms with Crippen molar-refractivity contribution in [1.82, 2.24) is 4.31 Å². The molecule has 2 unspecified atom stereocenters. The van der Waals surface area contributed by atoms with E-state index in [0.29, 0.717) is 30.8 Å². The maximum atomic E-state index is 11.5. The third-order valence-electron chi connectivity index (χ3n) is 3.68. The fourth-order valence-electron chi connectivity index (χ4n) is 2.90. The molecule has 1 rings (SSSR count). The van der Waals surface area contributed by atoms with Gasteiger partial charge in [-0.3, -0.25) is 0 Å². The van der Waals surface area contributed by atoms with Crippen LogP contribution in [0.4, 0.5) is 0 Å². The molecule has 1 heterocycles. The van der Waals surface area contributed by atoms with Gasteiger partial charge in [0.1, 0.15) is 0 Å². The van der Waals surface area contributed by atoms with Gasteiger partial charge in [-0.2, -0.15) is 0 Å². The molecule has 4 nitrogen and oxygen atoms in total. The molecule has 1 fully saturated rings. The molecule has 0 amide bonds. The van der Waals surface area contributed by atoms with Crippen LogP contribution in [0.2, 0.25) is 0 Å². The van der Waals surface area contributed by atoms with Crippen LogP contribution in [-0.4, -0.2) is 43.8 Å². The van der Waals surface area contributed by atoms with E-state index >= 15 is 0 Å². The summed E-state index contributed by atoms with van der Waals surface area (Å²) in [5.41, 5.74) is 0. The van der Waals surface area contributed by atoms with Gasteiger partial charge in [0.2, 0.25) is 10.0 Å². The summed E-state index contributed by atoms with van der Waals surface area (Å²) in [5.74, 6) is 1.30. The fourth-order valence-corrected chi connectivity index (χ4v) is 3.85. The van der Waals surface area contributed by atoms with Gasteiger partial charge in [-0.25, -0.2) is 12.7 Å². The van der Waals surface area contributed by atoms with Gasteiger partial charge in [0.05, 0.1) is 6.26 Å². The number of sulfonamides is 1. The molecule has 108 valence electrons. The summed E-state index contributed by atoms with van der Waals surface area (Å²) < 4.78 is 24.7. The molecule has 0 saturated carbocycles. The first-order chi connectivity index (χ1) is 8.32. The molecule has 0 radical (unpaired) electrons. The van der Waals surface area contributed by atoms with Gasteiger partial charge in [0.15, 0.2) is 0 Å². The second-order valence-electron chi connectivity index (χ2n) is 6.04. The van der Waals surface area contributed by atoms with E-state index in [4.69, 9.17) is 0 Å². The quantitative estimate of drug-likeness (QED) is 0.804. The Hall–Kier alpha value is -0.130. The van der Waals surface area contributed by atoms with Crippen LogP contribution < -0.4 is 0 Å². The minimum Gasteiger partial charge on any atom is -0.396 e. The van der Waals surface area contributed by atoms with Crippen molar-refractivity contribution in [3.63, 3.8) is 0 Å². The van der Waals surface area contributed by atoms with Crippen LogP contribution in [-0.2, 0) is 10.0 Å². The van der Waals surface area contributed by atoms with Crippen molar-refractivity contribution in [3.8, 4) is 0 Å². The molecule has 0 aromatic rings. The van der Waals surface area contributed by atoms with Crippen LogP contribution in [0.1, 0.15) is 39.5 Å². The molecule has 5 heteroatoms. The lowest BCUT2D eigenvalue weighted by atomic mass is 9.85. The minimum absolute atomic E-state index is 0.216. The summed E-state index contributed by atoms with van der Waals surface area (Å²) in [6, 6.07) is 0. The van der Waals surface area contributed by atoms with Crippen molar-refractivity contribution in [3.05, 3.63) is 0 Å². The van der Waals surface area contributed by atoms with E-state index in [0.717, 1.165) is 25.7 Å². The van der Waals surface area contributed by atoms with Gasteiger partial charge in [0.25, 0.3) is 0 Å². The average Bonchev–Trinajstić information content (AvgIpc) is 2.26. The van der Waals surface area contributed by atoms with Crippen molar-refractivity contribution in [2.45, 2.75) is 39.5 Å². The van der Waals surface area contributed by atoms with E-state index in [-0.39, 0.29) is 6.61 Å². The van der Waals surface area contributed by atoms with Crippen LogP contribution in [0.25, 0.3) is 0 Å². The SMILES string of the molecule is CC(C)CC(CO)CC1CCCN(S(C)(=O)=O)C1. The Morgan fingerprint density at radius 3 is 2.56 bits per heavy atom. The third-order valence-corrected chi connectivity index (χ3v) is 4.95. The zero-order valence-electron chi connectivity index (χ0n) is 11.8. The fraction of sp³-hybridized carbons (Fsp3) is 1.00. The first-order valence-corrected chi connectivity index (χ1v) is 8.73. The summed E-state index contributed by atoms with van der Waals surface area (Å²) >= 11 is 0. The highest BCUT2D eigenvalue weighted by Crippen LogP contribution is 2.27. The average molecular weight is 277 g/mol. The molecule has 0 bridgehead atoms. The molecule has 1 saturated heterocycles. The third kappa shape index (κ3) is 5.24. The zero-order chi connectivity index (χ0) is 13.8. The van der Waals surface area contributed by atoms with Gasteiger partial charge < -0.3 is 5.11 Å². The maximum Gasteiger partial charge on any atom is 0.211 e. The van der Waals surface area contributed by atoms with Crippen LogP contribution >= 0.6 is 0 Å². The molecule has 0 aliphatic carbocycles. The van der Waals surface area contributed by atoms with Crippen LogP contribution in [0.3, 0.4) is 0 Å². The summed E-state index contributed by atoms with van der Waals surface area (Å²) in [6.45, 7) is 5.82. The summed E-state index contributed by atoms with van der Waals surface area (Å²) in [4.78, 5) is 0. The van der Waals surface area contributed by atoms with Gasteiger partial charge in [0, 0.05) is 19.7 Å². The van der Waals surface area contributed by atoms with E-state index in [9.17, 15) is 13.5 Å². The molecule has 2 atom stereocenters. The molecule has 0 aromatic heterocycles. The second kappa shape index (κ2) is 6.87. The number of hydrogen-bond acceptors (Lipinski definition) is 3. The smallest absolute Gasteiger partial charge is 0.211 e. The topological polar surface area (TPSA) is 57.6 Å². The lowest BCUT2D eigenvalue weighted by molar-refractivity contribution is 0.156. The maximum absolute atomic E-state index is 11.5. The van der Waals surface area contributed by atoms with Crippen molar-refractivity contribution in [2.75, 3.05) is 26.0 Å². The Morgan fingerprint density at radius 2 is 2.06 bits per heavy atom. The van der Waals surface area contributed by atoms with Crippen molar-refractivity contribution < 1.29 is 13.5 Å². The van der Waals surface area contributed by atoms with Crippen molar-refractivity contribution in [1.29, 1.82) is 0 Å². The second-order valence-corrected chi connectivity index (χ2v) is 8.03. The Labute approximate surface area is 111 Å². The molecular weight excluding hydrogens is 250 g/mol. The molecule has 1 aliphatic heterocycles. The first-order valence-electron chi connectivity index (χ1n) is 6.89. The summed E-state index contributed by atoms with van der Waals surface area (Å²) in [6.07, 6.45) is 5.28. The highest BCUT2D eigenvalue weighted by Gasteiger charge is 2.27. The van der Waals surface area contributed by atoms with Gasteiger partial charge in [-0.1, -0.05) is 13.8 Å². The number of piperidine rings is 1. The number of rotatable bonds is 6. The number of hydrogen-bond donors (Lipinski definition) is 1. The summed E-state index contributed by atoms with van der Waals surface area (Å²) in [7, 11) is -3.05. The molecule has 1 N–H and O–H groups in total. The molecule has 0 spiro atoms. The van der Waals surface area contributed by atoms with Gasteiger partial charge >= 0.3 is 0 Å². The Kier molecular flexibility index (Phi) is 6.08. The largest absolute Gasteiger partial charge is 0.396 e. The predicted molar refractivity (Wildman–Crippen MR) is 73.8 cm³/mol. The van der Waals surface area contributed by atoms with Crippen molar-refractivity contribution >= 4 is 10.0 Å². The van der Waals surface area contributed by atoms with Crippen molar-refractivity contribution in [2.24, 2.45) is 17.8 Å². The summed E-state index contributed by atoms with van der Waals surface area (Å²) in [5, 5.41) is 9.40. The van der Waals surface area contributed by atoms with Gasteiger partial charge in [-0.15, -0.1) is 0 Å². The van der Waals surface area contributed by atoms with E-state index < -0.39 is 10.0 Å². The van der Waals surface area contributed by atoms with E-state index in [1.54, 1.807) is 4.31 Å². The molecule has 18 heavy (non-hydrogen) atoms. The highest BCUT2D eigenvalue weighted by molar-refractivity contribution is 7.88. The first kappa shape index (κ1) is 15.9. The van der Waals surface area contributed by atoms with Crippen LogP contribution in [0, 0.1) is 17.8 Å². The molecule has 1 aliphatic rings. The van der Waals surface area contributed by atoms with Gasteiger partial charge in [-0.05, 0) is 43.4 Å². The molecule has 0 aromatic carbocycles. The van der Waals surface area contributed by atoms with E-state index in [1.165, 1.54) is 6.26 Å². The lowest BCUT2D eigenvalue weighted by Crippen LogP contribution is -2.40. The lowest BCUT2D eigenvalue weighted by Gasteiger charge is -2.33. The number of aliphatic hydroxyl groups is 1.